The van der Waals surface area contributed by atoms with Gasteiger partial charge in [0, 0.05) is 21.8 Å². The molecule has 0 aliphatic carbocycles. The SMILES string of the molecule is COc1ccc(Br)cc1CC(=O)c1coc2ccccc12. The first-order chi connectivity index (χ1) is 10.2. The average molecular weight is 345 g/mol. The van der Waals surface area contributed by atoms with E-state index in [2.05, 4.69) is 15.9 Å². The fourth-order valence-electron chi connectivity index (χ4n) is 2.35. The van der Waals surface area contributed by atoms with Crippen molar-refractivity contribution in [1.29, 1.82) is 0 Å². The number of fused-ring (bicyclic) bond motifs is 1. The quantitative estimate of drug-likeness (QED) is 0.647. The molecule has 1 heterocycles. The summed E-state index contributed by atoms with van der Waals surface area (Å²) < 4.78 is 11.7. The fourth-order valence-corrected chi connectivity index (χ4v) is 2.76. The molecule has 0 amide bonds. The summed E-state index contributed by atoms with van der Waals surface area (Å²) in [6.07, 6.45) is 1.80. The molecule has 106 valence electrons. The zero-order chi connectivity index (χ0) is 14.8. The highest BCUT2D eigenvalue weighted by Gasteiger charge is 2.16. The van der Waals surface area contributed by atoms with Crippen molar-refractivity contribution in [3.05, 3.63) is 64.3 Å². The molecule has 0 aliphatic rings. The van der Waals surface area contributed by atoms with Crippen LogP contribution in [-0.4, -0.2) is 12.9 Å². The molecule has 0 radical (unpaired) electrons. The van der Waals surface area contributed by atoms with Crippen molar-refractivity contribution >= 4 is 32.7 Å². The Morgan fingerprint density at radius 2 is 2.05 bits per heavy atom. The largest absolute Gasteiger partial charge is 0.496 e. The van der Waals surface area contributed by atoms with Crippen LogP contribution in [0.15, 0.2) is 57.6 Å². The highest BCUT2D eigenvalue weighted by molar-refractivity contribution is 9.10. The molecule has 21 heavy (non-hydrogen) atoms. The van der Waals surface area contributed by atoms with Crippen LogP contribution in [0.1, 0.15) is 15.9 Å². The van der Waals surface area contributed by atoms with Crippen LogP contribution in [-0.2, 0) is 6.42 Å². The molecule has 0 spiro atoms. The molecule has 0 saturated carbocycles. The maximum atomic E-state index is 12.5. The number of Topliss-reactive ketones (excluding diaryl/α,β-unsaturated/α-hetero) is 1. The molecular formula is C17H13BrO3. The number of hydrogen-bond donors (Lipinski definition) is 0. The lowest BCUT2D eigenvalue weighted by Crippen LogP contribution is -2.04. The Morgan fingerprint density at radius 3 is 2.86 bits per heavy atom. The number of benzene rings is 2. The molecule has 3 nitrogen and oxygen atoms in total. The van der Waals surface area contributed by atoms with Gasteiger partial charge < -0.3 is 9.15 Å². The Kier molecular flexibility index (Phi) is 3.80. The highest BCUT2D eigenvalue weighted by atomic mass is 79.9. The highest BCUT2D eigenvalue weighted by Crippen LogP contribution is 2.27. The summed E-state index contributed by atoms with van der Waals surface area (Å²) in [6.45, 7) is 0. The van der Waals surface area contributed by atoms with Crippen molar-refractivity contribution in [1.82, 2.24) is 0 Å². The summed E-state index contributed by atoms with van der Waals surface area (Å²) in [5.41, 5.74) is 2.18. The van der Waals surface area contributed by atoms with Crippen molar-refractivity contribution in [2.24, 2.45) is 0 Å². The van der Waals surface area contributed by atoms with Gasteiger partial charge in [-0.05, 0) is 24.3 Å². The predicted octanol–water partition coefficient (Wildman–Crippen LogP) is 4.63. The summed E-state index contributed by atoms with van der Waals surface area (Å²) in [5.74, 6) is 0.718. The van der Waals surface area contributed by atoms with Gasteiger partial charge in [-0.2, -0.15) is 0 Å². The van der Waals surface area contributed by atoms with Gasteiger partial charge in [-0.1, -0.05) is 34.1 Å². The lowest BCUT2D eigenvalue weighted by Gasteiger charge is -2.08. The molecule has 0 unspecified atom stereocenters. The number of hydrogen-bond acceptors (Lipinski definition) is 3. The van der Waals surface area contributed by atoms with E-state index in [1.807, 2.05) is 42.5 Å². The zero-order valence-corrected chi connectivity index (χ0v) is 13.0. The van der Waals surface area contributed by atoms with Crippen LogP contribution >= 0.6 is 15.9 Å². The second-order valence-electron chi connectivity index (χ2n) is 4.70. The Bertz CT molecular complexity index is 805. The van der Waals surface area contributed by atoms with Crippen molar-refractivity contribution in [2.75, 3.05) is 7.11 Å². The number of carbonyl (C=O) groups is 1. The number of methoxy groups -OCH3 is 1. The van der Waals surface area contributed by atoms with E-state index >= 15 is 0 Å². The predicted molar refractivity (Wildman–Crippen MR) is 84.9 cm³/mol. The smallest absolute Gasteiger partial charge is 0.171 e. The lowest BCUT2D eigenvalue weighted by molar-refractivity contribution is 0.0993. The molecular weight excluding hydrogens is 332 g/mol. The van der Waals surface area contributed by atoms with Crippen LogP contribution in [0.5, 0.6) is 5.75 Å². The van der Waals surface area contributed by atoms with E-state index in [1.165, 1.54) is 6.26 Å². The molecule has 3 rings (SSSR count). The molecule has 0 saturated heterocycles. The first-order valence-electron chi connectivity index (χ1n) is 6.51. The van der Waals surface area contributed by atoms with Gasteiger partial charge in [0.05, 0.1) is 12.7 Å². The van der Waals surface area contributed by atoms with Crippen molar-refractivity contribution in [3.8, 4) is 5.75 Å². The number of ether oxygens (including phenoxy) is 1. The van der Waals surface area contributed by atoms with Gasteiger partial charge in [-0.3, -0.25) is 4.79 Å². The zero-order valence-electron chi connectivity index (χ0n) is 11.4. The maximum absolute atomic E-state index is 12.5. The second kappa shape index (κ2) is 5.74. The monoisotopic (exact) mass is 344 g/mol. The van der Waals surface area contributed by atoms with Crippen molar-refractivity contribution in [2.45, 2.75) is 6.42 Å². The summed E-state index contributed by atoms with van der Waals surface area (Å²) >= 11 is 3.42. The third kappa shape index (κ3) is 2.72. The maximum Gasteiger partial charge on any atom is 0.171 e. The molecule has 0 aliphatic heterocycles. The van der Waals surface area contributed by atoms with Gasteiger partial charge >= 0.3 is 0 Å². The van der Waals surface area contributed by atoms with E-state index in [-0.39, 0.29) is 12.2 Å². The molecule has 4 heteroatoms. The van der Waals surface area contributed by atoms with E-state index in [4.69, 9.17) is 9.15 Å². The van der Waals surface area contributed by atoms with Gasteiger partial charge in [-0.25, -0.2) is 0 Å². The van der Waals surface area contributed by atoms with Crippen LogP contribution in [0.3, 0.4) is 0 Å². The molecule has 0 N–H and O–H groups in total. The molecule has 3 aromatic rings. The standard InChI is InChI=1S/C17H13BrO3/c1-20-16-7-6-12(18)8-11(16)9-15(19)14-10-21-17-5-3-2-4-13(14)17/h2-8,10H,9H2,1H3. The minimum atomic E-state index is 0.0105. The number of rotatable bonds is 4. The molecule has 0 atom stereocenters. The van der Waals surface area contributed by atoms with Crippen molar-refractivity contribution in [3.63, 3.8) is 0 Å². The summed E-state index contributed by atoms with van der Waals surface area (Å²) in [6, 6.07) is 13.2. The van der Waals surface area contributed by atoms with Crippen LogP contribution in [0, 0.1) is 0 Å². The number of ketones is 1. The van der Waals surface area contributed by atoms with Crippen LogP contribution in [0.25, 0.3) is 11.0 Å². The van der Waals surface area contributed by atoms with Gasteiger partial charge in [-0.15, -0.1) is 0 Å². The third-order valence-electron chi connectivity index (χ3n) is 3.37. The van der Waals surface area contributed by atoms with E-state index < -0.39 is 0 Å². The van der Waals surface area contributed by atoms with E-state index in [0.29, 0.717) is 11.3 Å². The Morgan fingerprint density at radius 1 is 1.24 bits per heavy atom. The molecule has 2 aromatic carbocycles. The number of para-hydroxylation sites is 1. The van der Waals surface area contributed by atoms with E-state index in [9.17, 15) is 4.79 Å². The summed E-state index contributed by atoms with van der Waals surface area (Å²) in [4.78, 5) is 12.5. The lowest BCUT2D eigenvalue weighted by atomic mass is 10.0. The molecule has 0 bridgehead atoms. The minimum absolute atomic E-state index is 0.0105. The third-order valence-corrected chi connectivity index (χ3v) is 3.87. The van der Waals surface area contributed by atoms with E-state index in [1.54, 1.807) is 7.11 Å². The van der Waals surface area contributed by atoms with Crippen molar-refractivity contribution < 1.29 is 13.9 Å². The van der Waals surface area contributed by atoms with Gasteiger partial charge in [0.2, 0.25) is 0 Å². The minimum Gasteiger partial charge on any atom is -0.496 e. The number of furan rings is 1. The fraction of sp³-hybridized carbons (Fsp3) is 0.118. The average Bonchev–Trinajstić information content (AvgIpc) is 2.91. The molecule has 0 fully saturated rings. The first kappa shape index (κ1) is 13.9. The molecule has 1 aromatic heterocycles. The number of halogens is 1. The number of carbonyl (C=O) groups excluding carboxylic acids is 1. The van der Waals surface area contributed by atoms with Gasteiger partial charge in [0.25, 0.3) is 0 Å². The van der Waals surface area contributed by atoms with E-state index in [0.717, 1.165) is 21.0 Å². The van der Waals surface area contributed by atoms with Gasteiger partial charge in [0.15, 0.2) is 5.78 Å². The Hall–Kier alpha value is -2.07. The first-order valence-corrected chi connectivity index (χ1v) is 7.30. The van der Waals surface area contributed by atoms with Crippen LogP contribution in [0.4, 0.5) is 0 Å². The normalized spacial score (nSPS) is 10.8. The Labute approximate surface area is 130 Å². The second-order valence-corrected chi connectivity index (χ2v) is 5.62. The van der Waals surface area contributed by atoms with Gasteiger partial charge in [0.1, 0.15) is 17.6 Å². The summed E-state index contributed by atoms with van der Waals surface area (Å²) in [7, 11) is 1.60. The van der Waals surface area contributed by atoms with Crippen LogP contribution < -0.4 is 4.74 Å². The van der Waals surface area contributed by atoms with Crippen LogP contribution in [0.2, 0.25) is 0 Å². The topological polar surface area (TPSA) is 39.4 Å². The summed E-state index contributed by atoms with van der Waals surface area (Å²) in [5, 5.41) is 0.844. The Balaban J connectivity index is 1.95.